The number of benzene rings is 1. The lowest BCUT2D eigenvalue weighted by atomic mass is 10.2. The van der Waals surface area contributed by atoms with Gasteiger partial charge in [-0.2, -0.15) is 0 Å². The molecule has 0 aliphatic carbocycles. The van der Waals surface area contributed by atoms with Gasteiger partial charge in [0.15, 0.2) is 5.69 Å². The first-order chi connectivity index (χ1) is 8.65. The van der Waals surface area contributed by atoms with Crippen LogP contribution in [0.4, 0.5) is 10.2 Å². The highest BCUT2D eigenvalue weighted by Crippen LogP contribution is 2.07. The molecule has 5 nitrogen and oxygen atoms in total. The van der Waals surface area contributed by atoms with Crippen LogP contribution >= 0.6 is 0 Å². The van der Waals surface area contributed by atoms with E-state index in [1.165, 1.54) is 24.5 Å². The van der Waals surface area contributed by atoms with Gasteiger partial charge in [0.05, 0.1) is 12.4 Å². The van der Waals surface area contributed by atoms with E-state index >= 15 is 0 Å². The molecule has 0 unspecified atom stereocenters. The summed E-state index contributed by atoms with van der Waals surface area (Å²) in [6, 6.07) is 5.99. The molecule has 2 aromatic rings. The quantitative estimate of drug-likeness (QED) is 0.863. The van der Waals surface area contributed by atoms with Crippen LogP contribution in [0, 0.1) is 5.82 Å². The van der Waals surface area contributed by atoms with Crippen LogP contribution in [-0.4, -0.2) is 21.0 Å². The smallest absolute Gasteiger partial charge is 0.356 e. The van der Waals surface area contributed by atoms with Crippen LogP contribution in [0.1, 0.15) is 16.1 Å². The number of hydrogen-bond donors (Lipinski definition) is 2. The van der Waals surface area contributed by atoms with Crippen molar-refractivity contribution in [3.63, 3.8) is 0 Å². The van der Waals surface area contributed by atoms with Crippen LogP contribution < -0.4 is 5.32 Å². The maximum Gasteiger partial charge on any atom is 0.356 e. The van der Waals surface area contributed by atoms with Crippen LogP contribution in [0.25, 0.3) is 0 Å². The Morgan fingerprint density at radius 3 is 2.67 bits per heavy atom. The fourth-order valence-corrected chi connectivity index (χ4v) is 1.35. The fraction of sp³-hybridized carbons (Fsp3) is 0.0833. The molecule has 2 rings (SSSR count). The van der Waals surface area contributed by atoms with Crippen molar-refractivity contribution < 1.29 is 14.3 Å². The molecule has 0 saturated heterocycles. The summed E-state index contributed by atoms with van der Waals surface area (Å²) in [6.07, 6.45) is 2.60. The summed E-state index contributed by atoms with van der Waals surface area (Å²) in [6.45, 7) is 0.415. The summed E-state index contributed by atoms with van der Waals surface area (Å²) in [5, 5.41) is 11.7. The normalized spacial score (nSPS) is 10.1. The van der Waals surface area contributed by atoms with E-state index in [-0.39, 0.29) is 11.5 Å². The Hall–Kier alpha value is -2.50. The number of hydrogen-bond acceptors (Lipinski definition) is 4. The maximum absolute atomic E-state index is 12.7. The molecule has 92 valence electrons. The average molecular weight is 247 g/mol. The molecule has 0 bridgehead atoms. The van der Waals surface area contributed by atoms with E-state index in [0.717, 1.165) is 5.56 Å². The van der Waals surface area contributed by atoms with Gasteiger partial charge in [-0.1, -0.05) is 12.1 Å². The molecular formula is C12H10FN3O2. The highest BCUT2D eigenvalue weighted by molar-refractivity contribution is 5.85. The van der Waals surface area contributed by atoms with Crippen LogP contribution in [-0.2, 0) is 6.54 Å². The van der Waals surface area contributed by atoms with E-state index in [9.17, 15) is 9.18 Å². The SMILES string of the molecule is O=C(O)c1cncc(NCc2ccc(F)cc2)n1. The molecule has 6 heteroatoms. The molecule has 0 spiro atoms. The lowest BCUT2D eigenvalue weighted by Crippen LogP contribution is -2.06. The molecule has 1 aromatic heterocycles. The summed E-state index contributed by atoms with van der Waals surface area (Å²) in [5.41, 5.74) is 0.734. The Labute approximate surface area is 102 Å². The first kappa shape index (κ1) is 12.0. The maximum atomic E-state index is 12.7. The van der Waals surface area contributed by atoms with Gasteiger partial charge in [-0.05, 0) is 17.7 Å². The zero-order valence-electron chi connectivity index (χ0n) is 9.30. The predicted molar refractivity (Wildman–Crippen MR) is 62.7 cm³/mol. The van der Waals surface area contributed by atoms with Crippen molar-refractivity contribution in [3.05, 3.63) is 53.7 Å². The third-order valence-corrected chi connectivity index (χ3v) is 2.24. The number of aromatic nitrogens is 2. The van der Waals surface area contributed by atoms with E-state index in [2.05, 4.69) is 15.3 Å². The number of anilines is 1. The Morgan fingerprint density at radius 2 is 2.00 bits per heavy atom. The van der Waals surface area contributed by atoms with Crippen molar-refractivity contribution in [1.82, 2.24) is 9.97 Å². The Morgan fingerprint density at radius 1 is 1.28 bits per heavy atom. The molecule has 0 amide bonds. The molecular weight excluding hydrogens is 237 g/mol. The van der Waals surface area contributed by atoms with Crippen molar-refractivity contribution in [1.29, 1.82) is 0 Å². The molecule has 2 N–H and O–H groups in total. The molecule has 0 fully saturated rings. The second-order valence-corrected chi connectivity index (χ2v) is 3.57. The first-order valence-corrected chi connectivity index (χ1v) is 5.19. The molecule has 0 radical (unpaired) electrons. The van der Waals surface area contributed by atoms with Gasteiger partial charge >= 0.3 is 5.97 Å². The van der Waals surface area contributed by atoms with Gasteiger partial charge in [0, 0.05) is 6.54 Å². The molecule has 18 heavy (non-hydrogen) atoms. The monoisotopic (exact) mass is 247 g/mol. The first-order valence-electron chi connectivity index (χ1n) is 5.19. The van der Waals surface area contributed by atoms with Crippen LogP contribution in [0.5, 0.6) is 0 Å². The Bertz CT molecular complexity index is 558. The minimum atomic E-state index is -1.13. The van der Waals surface area contributed by atoms with Gasteiger partial charge in [0.25, 0.3) is 0 Å². The second kappa shape index (κ2) is 5.22. The van der Waals surface area contributed by atoms with Crippen molar-refractivity contribution >= 4 is 11.8 Å². The minimum absolute atomic E-state index is 0.126. The summed E-state index contributed by atoms with van der Waals surface area (Å²) < 4.78 is 12.7. The second-order valence-electron chi connectivity index (χ2n) is 3.57. The molecule has 1 heterocycles. The van der Waals surface area contributed by atoms with Gasteiger partial charge in [0.2, 0.25) is 0 Å². The van der Waals surface area contributed by atoms with Gasteiger partial charge < -0.3 is 10.4 Å². The van der Waals surface area contributed by atoms with E-state index in [0.29, 0.717) is 12.4 Å². The van der Waals surface area contributed by atoms with E-state index in [1.807, 2.05) is 0 Å². The van der Waals surface area contributed by atoms with Crippen molar-refractivity contribution in [2.45, 2.75) is 6.54 Å². The largest absolute Gasteiger partial charge is 0.476 e. The number of carbonyl (C=O) groups is 1. The molecule has 1 aromatic carbocycles. The lowest BCUT2D eigenvalue weighted by molar-refractivity contribution is 0.0690. The highest BCUT2D eigenvalue weighted by Gasteiger charge is 2.05. The molecule has 0 aliphatic heterocycles. The number of nitrogens with zero attached hydrogens (tertiary/aromatic N) is 2. The topological polar surface area (TPSA) is 75.1 Å². The molecule has 0 saturated carbocycles. The highest BCUT2D eigenvalue weighted by atomic mass is 19.1. The third kappa shape index (κ3) is 3.00. The number of carboxylic acids is 1. The lowest BCUT2D eigenvalue weighted by Gasteiger charge is -2.05. The van der Waals surface area contributed by atoms with Crippen LogP contribution in [0.15, 0.2) is 36.7 Å². The summed E-state index contributed by atoms with van der Waals surface area (Å²) in [4.78, 5) is 18.3. The van der Waals surface area contributed by atoms with E-state index in [4.69, 9.17) is 5.11 Å². The number of rotatable bonds is 4. The van der Waals surface area contributed by atoms with Gasteiger partial charge in [-0.25, -0.2) is 14.2 Å². The van der Waals surface area contributed by atoms with Crippen molar-refractivity contribution in [2.24, 2.45) is 0 Å². The number of nitrogens with one attached hydrogen (secondary N) is 1. The van der Waals surface area contributed by atoms with Gasteiger partial charge in [0.1, 0.15) is 11.6 Å². The van der Waals surface area contributed by atoms with Crippen molar-refractivity contribution in [2.75, 3.05) is 5.32 Å². The summed E-state index contributed by atoms with van der Waals surface area (Å²) >= 11 is 0. The number of halogens is 1. The standard InChI is InChI=1S/C12H10FN3O2/c13-9-3-1-8(2-4-9)5-15-11-7-14-6-10(16-11)12(17)18/h1-4,6-7H,5H2,(H,15,16)(H,17,18). The van der Waals surface area contributed by atoms with E-state index < -0.39 is 5.97 Å². The minimum Gasteiger partial charge on any atom is -0.476 e. The average Bonchev–Trinajstić information content (AvgIpc) is 2.38. The summed E-state index contributed by atoms with van der Waals surface area (Å²) in [7, 11) is 0. The predicted octanol–water partition coefficient (Wildman–Crippen LogP) is 1.93. The third-order valence-electron chi connectivity index (χ3n) is 2.24. The zero-order valence-corrected chi connectivity index (χ0v) is 9.30. The van der Waals surface area contributed by atoms with Crippen LogP contribution in [0.3, 0.4) is 0 Å². The number of carboxylic acid groups (broad SMARTS) is 1. The number of aromatic carboxylic acids is 1. The molecule has 0 aliphatic rings. The summed E-state index contributed by atoms with van der Waals surface area (Å²) in [5.74, 6) is -1.07. The van der Waals surface area contributed by atoms with Gasteiger partial charge in [-0.15, -0.1) is 0 Å². The van der Waals surface area contributed by atoms with E-state index in [1.54, 1.807) is 12.1 Å². The Kier molecular flexibility index (Phi) is 3.47. The van der Waals surface area contributed by atoms with Crippen molar-refractivity contribution in [3.8, 4) is 0 Å². The van der Waals surface area contributed by atoms with Crippen LogP contribution in [0.2, 0.25) is 0 Å². The molecule has 0 atom stereocenters. The Balaban J connectivity index is 2.04. The van der Waals surface area contributed by atoms with Gasteiger partial charge in [-0.3, -0.25) is 4.98 Å². The zero-order chi connectivity index (χ0) is 13.0. The fourth-order valence-electron chi connectivity index (χ4n) is 1.35.